The van der Waals surface area contributed by atoms with Gasteiger partial charge in [-0.1, -0.05) is 0 Å². The molecule has 1 aliphatic heterocycles. The zero-order valence-corrected chi connectivity index (χ0v) is 12.3. The van der Waals surface area contributed by atoms with Crippen LogP contribution in [0.2, 0.25) is 0 Å². The van der Waals surface area contributed by atoms with Gasteiger partial charge >= 0.3 is 0 Å². The number of carbonyl (C=O) groups excluding carboxylic acids is 1. The van der Waals surface area contributed by atoms with Gasteiger partial charge in [-0.25, -0.2) is 8.78 Å². The minimum absolute atomic E-state index is 0.0895. The Balaban J connectivity index is 2.23. The van der Waals surface area contributed by atoms with E-state index in [1.54, 1.807) is 6.92 Å². The number of benzene rings is 1. The summed E-state index contributed by atoms with van der Waals surface area (Å²) in [5, 5.41) is 5.96. The summed E-state index contributed by atoms with van der Waals surface area (Å²) >= 11 is 0. The molecule has 1 heterocycles. The predicted octanol–water partition coefficient (Wildman–Crippen LogP) is 1.44. The lowest BCUT2D eigenvalue weighted by atomic mass is 10.0. The molecule has 2 atom stereocenters. The fraction of sp³-hybridized carbons (Fsp3) is 0.533. The molecular formula is C15H21F2N3O. The van der Waals surface area contributed by atoms with Crippen LogP contribution < -0.4 is 10.6 Å². The second-order valence-corrected chi connectivity index (χ2v) is 5.19. The number of nitrogens with zero attached hydrogens (tertiary/aromatic N) is 1. The van der Waals surface area contributed by atoms with Crippen LogP contribution in [0.1, 0.15) is 25.5 Å². The minimum atomic E-state index is -0.469. The normalized spacial score (nSPS) is 21.0. The Hall–Kier alpha value is -1.53. The summed E-state index contributed by atoms with van der Waals surface area (Å²) in [6.45, 7) is 6.04. The number of hydrogen-bond acceptors (Lipinski definition) is 3. The molecule has 2 N–H and O–H groups in total. The van der Waals surface area contributed by atoms with E-state index in [1.807, 2.05) is 11.8 Å². The molecule has 6 heteroatoms. The zero-order valence-electron chi connectivity index (χ0n) is 12.3. The number of carbonyl (C=O) groups is 1. The number of likely N-dealkylation sites (N-methyl/N-ethyl adjacent to an activating group) is 1. The molecule has 1 saturated heterocycles. The second-order valence-electron chi connectivity index (χ2n) is 5.19. The van der Waals surface area contributed by atoms with E-state index in [4.69, 9.17) is 0 Å². The van der Waals surface area contributed by atoms with E-state index in [0.29, 0.717) is 19.6 Å². The van der Waals surface area contributed by atoms with Gasteiger partial charge in [-0.2, -0.15) is 0 Å². The van der Waals surface area contributed by atoms with E-state index < -0.39 is 11.6 Å². The third-order valence-corrected chi connectivity index (χ3v) is 3.84. The highest BCUT2D eigenvalue weighted by molar-refractivity contribution is 5.82. The number of rotatable bonds is 4. The molecule has 116 valence electrons. The van der Waals surface area contributed by atoms with Crippen molar-refractivity contribution in [2.45, 2.75) is 25.9 Å². The Kier molecular flexibility index (Phi) is 5.25. The van der Waals surface area contributed by atoms with Crippen molar-refractivity contribution < 1.29 is 13.6 Å². The van der Waals surface area contributed by atoms with Crippen molar-refractivity contribution in [3.63, 3.8) is 0 Å². The fourth-order valence-electron chi connectivity index (χ4n) is 2.73. The molecule has 1 aromatic rings. The summed E-state index contributed by atoms with van der Waals surface area (Å²) in [5.74, 6) is -1.01. The highest BCUT2D eigenvalue weighted by atomic mass is 19.1. The summed E-state index contributed by atoms with van der Waals surface area (Å²) in [4.78, 5) is 14.1. The average molecular weight is 297 g/mol. The number of amides is 1. The summed E-state index contributed by atoms with van der Waals surface area (Å²) in [6, 6.07) is 2.69. The minimum Gasteiger partial charge on any atom is -0.355 e. The Bertz CT molecular complexity index is 510. The molecule has 1 amide bonds. The SMILES string of the molecule is CCNC(=O)C1CNCCN1C(C)c1cc(F)ccc1F. The van der Waals surface area contributed by atoms with E-state index in [9.17, 15) is 13.6 Å². The molecule has 0 saturated carbocycles. The first-order chi connectivity index (χ1) is 10.0. The molecule has 1 aromatic carbocycles. The van der Waals surface area contributed by atoms with Crippen LogP contribution in [0.3, 0.4) is 0 Å². The quantitative estimate of drug-likeness (QED) is 0.884. The molecule has 2 unspecified atom stereocenters. The molecule has 0 radical (unpaired) electrons. The van der Waals surface area contributed by atoms with Crippen molar-refractivity contribution >= 4 is 5.91 Å². The lowest BCUT2D eigenvalue weighted by Gasteiger charge is -2.39. The van der Waals surface area contributed by atoms with E-state index in [2.05, 4.69) is 10.6 Å². The highest BCUT2D eigenvalue weighted by Crippen LogP contribution is 2.26. The van der Waals surface area contributed by atoms with Gasteiger partial charge in [-0.15, -0.1) is 0 Å². The van der Waals surface area contributed by atoms with Crippen LogP contribution in [0, 0.1) is 11.6 Å². The Morgan fingerprint density at radius 1 is 1.52 bits per heavy atom. The standard InChI is InChI=1S/C15H21F2N3O/c1-3-19-15(21)14-9-18-6-7-20(14)10(2)12-8-11(16)4-5-13(12)17/h4-5,8,10,14,18H,3,6-7,9H2,1-2H3,(H,19,21). The lowest BCUT2D eigenvalue weighted by Crippen LogP contribution is -2.58. The first-order valence-electron chi connectivity index (χ1n) is 7.23. The molecule has 4 nitrogen and oxygen atoms in total. The zero-order chi connectivity index (χ0) is 15.4. The van der Waals surface area contributed by atoms with E-state index in [0.717, 1.165) is 18.7 Å². The third-order valence-electron chi connectivity index (χ3n) is 3.84. The molecule has 2 rings (SSSR count). The van der Waals surface area contributed by atoms with Gasteiger partial charge in [0, 0.05) is 37.8 Å². The van der Waals surface area contributed by atoms with Gasteiger partial charge in [0.1, 0.15) is 17.7 Å². The largest absolute Gasteiger partial charge is 0.355 e. The summed E-state index contributed by atoms with van der Waals surface area (Å²) in [5.41, 5.74) is 0.284. The maximum absolute atomic E-state index is 13.9. The van der Waals surface area contributed by atoms with E-state index >= 15 is 0 Å². The molecule has 0 aromatic heterocycles. The van der Waals surface area contributed by atoms with Gasteiger partial charge in [-0.05, 0) is 32.0 Å². The monoisotopic (exact) mass is 297 g/mol. The molecule has 0 aliphatic carbocycles. The highest BCUT2D eigenvalue weighted by Gasteiger charge is 2.33. The molecule has 0 spiro atoms. The van der Waals surface area contributed by atoms with Gasteiger partial charge in [-0.3, -0.25) is 9.69 Å². The number of piperazine rings is 1. The van der Waals surface area contributed by atoms with Crippen LogP contribution in [0.4, 0.5) is 8.78 Å². The number of nitrogens with one attached hydrogen (secondary N) is 2. The van der Waals surface area contributed by atoms with Gasteiger partial charge in [0.2, 0.25) is 5.91 Å². The van der Waals surface area contributed by atoms with Gasteiger partial charge in [0.15, 0.2) is 0 Å². The van der Waals surface area contributed by atoms with Gasteiger partial charge in [0.05, 0.1) is 0 Å². The lowest BCUT2D eigenvalue weighted by molar-refractivity contribution is -0.128. The Morgan fingerprint density at radius 3 is 3.00 bits per heavy atom. The number of hydrogen-bond donors (Lipinski definition) is 2. The smallest absolute Gasteiger partial charge is 0.238 e. The van der Waals surface area contributed by atoms with Crippen LogP contribution in [0.15, 0.2) is 18.2 Å². The first kappa shape index (κ1) is 15.9. The van der Waals surface area contributed by atoms with Crippen LogP contribution in [-0.2, 0) is 4.79 Å². The van der Waals surface area contributed by atoms with E-state index in [-0.39, 0.29) is 23.6 Å². The van der Waals surface area contributed by atoms with Crippen molar-refractivity contribution in [2.24, 2.45) is 0 Å². The van der Waals surface area contributed by atoms with Crippen LogP contribution in [0.5, 0.6) is 0 Å². The van der Waals surface area contributed by atoms with Crippen LogP contribution in [-0.4, -0.2) is 43.0 Å². The molecular weight excluding hydrogens is 276 g/mol. The Morgan fingerprint density at radius 2 is 2.29 bits per heavy atom. The summed E-state index contributed by atoms with van der Waals surface area (Å²) in [6.07, 6.45) is 0. The van der Waals surface area contributed by atoms with Crippen molar-refractivity contribution in [3.8, 4) is 0 Å². The summed E-state index contributed by atoms with van der Waals surface area (Å²) in [7, 11) is 0. The third kappa shape index (κ3) is 3.57. The number of halogens is 2. The van der Waals surface area contributed by atoms with Crippen LogP contribution in [0.25, 0.3) is 0 Å². The van der Waals surface area contributed by atoms with Crippen LogP contribution >= 0.6 is 0 Å². The van der Waals surface area contributed by atoms with Gasteiger partial charge < -0.3 is 10.6 Å². The van der Waals surface area contributed by atoms with Crippen molar-refractivity contribution in [2.75, 3.05) is 26.2 Å². The second kappa shape index (κ2) is 6.95. The molecule has 21 heavy (non-hydrogen) atoms. The fourth-order valence-corrected chi connectivity index (χ4v) is 2.73. The molecule has 1 aliphatic rings. The van der Waals surface area contributed by atoms with Gasteiger partial charge in [0.25, 0.3) is 0 Å². The maximum Gasteiger partial charge on any atom is 0.238 e. The first-order valence-corrected chi connectivity index (χ1v) is 7.23. The topological polar surface area (TPSA) is 44.4 Å². The molecule has 1 fully saturated rings. The summed E-state index contributed by atoms with van der Waals surface area (Å²) < 4.78 is 27.3. The maximum atomic E-state index is 13.9. The predicted molar refractivity (Wildman–Crippen MR) is 76.8 cm³/mol. The van der Waals surface area contributed by atoms with Crippen molar-refractivity contribution in [1.82, 2.24) is 15.5 Å². The van der Waals surface area contributed by atoms with Crippen molar-refractivity contribution in [3.05, 3.63) is 35.4 Å². The van der Waals surface area contributed by atoms with Crippen molar-refractivity contribution in [1.29, 1.82) is 0 Å². The Labute approximate surface area is 123 Å². The van der Waals surface area contributed by atoms with E-state index in [1.165, 1.54) is 6.07 Å². The average Bonchev–Trinajstić information content (AvgIpc) is 2.49. The molecule has 0 bridgehead atoms.